The number of carboxylic acid groups (broad SMARTS) is 1. The molecule has 0 radical (unpaired) electrons. The third kappa shape index (κ3) is 1.86. The van der Waals surface area contributed by atoms with Gasteiger partial charge in [-0.2, -0.15) is 5.10 Å². The van der Waals surface area contributed by atoms with Crippen LogP contribution in [0.1, 0.15) is 21.6 Å². The van der Waals surface area contributed by atoms with E-state index in [1.54, 1.807) is 24.4 Å². The monoisotopic (exact) mass is 266 g/mol. The Labute approximate surface area is 116 Å². The maximum Gasteiger partial charge on any atom is 0.335 e. The summed E-state index contributed by atoms with van der Waals surface area (Å²) in [5.41, 5.74) is 5.33. The normalized spacial score (nSPS) is 10.9. The lowest BCUT2D eigenvalue weighted by molar-refractivity contribution is 0.0697. The molecule has 0 saturated heterocycles. The van der Waals surface area contributed by atoms with Gasteiger partial charge >= 0.3 is 5.97 Å². The lowest BCUT2D eigenvalue weighted by Gasteiger charge is -2.05. The first-order chi connectivity index (χ1) is 9.58. The van der Waals surface area contributed by atoms with Gasteiger partial charge in [-0.1, -0.05) is 18.2 Å². The van der Waals surface area contributed by atoms with Crippen molar-refractivity contribution < 1.29 is 9.90 Å². The highest BCUT2D eigenvalue weighted by Gasteiger charge is 2.11. The summed E-state index contributed by atoms with van der Waals surface area (Å²) < 4.78 is 1.89. The van der Waals surface area contributed by atoms with Crippen LogP contribution in [0.2, 0.25) is 0 Å². The van der Waals surface area contributed by atoms with Crippen LogP contribution in [0.4, 0.5) is 0 Å². The average Bonchev–Trinajstić information content (AvgIpc) is 2.87. The van der Waals surface area contributed by atoms with Gasteiger partial charge in [-0.05, 0) is 43.2 Å². The molecule has 0 amide bonds. The Morgan fingerprint density at radius 3 is 2.75 bits per heavy atom. The number of hydrogen-bond donors (Lipinski definition) is 1. The van der Waals surface area contributed by atoms with Gasteiger partial charge in [0.15, 0.2) is 0 Å². The number of carbonyl (C=O) groups is 1. The molecule has 4 nitrogen and oxygen atoms in total. The molecule has 0 aliphatic carbocycles. The van der Waals surface area contributed by atoms with Crippen LogP contribution >= 0.6 is 0 Å². The van der Waals surface area contributed by atoms with E-state index in [1.165, 1.54) is 5.56 Å². The van der Waals surface area contributed by atoms with E-state index >= 15 is 0 Å². The maximum absolute atomic E-state index is 11.1. The van der Waals surface area contributed by atoms with Crippen molar-refractivity contribution in [2.75, 3.05) is 0 Å². The highest BCUT2D eigenvalue weighted by molar-refractivity contribution is 5.91. The molecule has 4 heteroatoms. The Balaban J connectivity index is 2.23. The van der Waals surface area contributed by atoms with Crippen LogP contribution in [0.3, 0.4) is 0 Å². The molecule has 0 spiro atoms. The maximum atomic E-state index is 11.1. The summed E-state index contributed by atoms with van der Waals surface area (Å²) in [7, 11) is 0. The smallest absolute Gasteiger partial charge is 0.335 e. The Bertz CT molecular complexity index is 818. The lowest BCUT2D eigenvalue weighted by atomic mass is 10.0. The van der Waals surface area contributed by atoms with Gasteiger partial charge in [0.25, 0.3) is 0 Å². The number of rotatable bonds is 2. The van der Waals surface area contributed by atoms with Crippen LogP contribution in [-0.2, 0) is 0 Å². The first-order valence-electron chi connectivity index (χ1n) is 6.35. The Kier molecular flexibility index (Phi) is 2.79. The third-order valence-electron chi connectivity index (χ3n) is 3.61. The molecular weight excluding hydrogens is 252 g/mol. The van der Waals surface area contributed by atoms with Gasteiger partial charge < -0.3 is 5.11 Å². The molecule has 3 rings (SSSR count). The van der Waals surface area contributed by atoms with E-state index in [0.29, 0.717) is 0 Å². The summed E-state index contributed by atoms with van der Waals surface area (Å²) in [6.07, 6.45) is 1.78. The number of benzene rings is 1. The van der Waals surface area contributed by atoms with E-state index in [2.05, 4.69) is 11.2 Å². The lowest BCUT2D eigenvalue weighted by Crippen LogP contribution is -1.96. The SMILES string of the molecule is Cc1ccc2c(-c3cccc(C(=O)O)c3)cnn2c1C. The summed E-state index contributed by atoms with van der Waals surface area (Å²) in [5, 5.41) is 13.5. The van der Waals surface area contributed by atoms with Gasteiger partial charge in [-0.3, -0.25) is 0 Å². The largest absolute Gasteiger partial charge is 0.478 e. The number of aryl methyl sites for hydroxylation is 2. The number of aromatic carboxylic acids is 1. The highest BCUT2D eigenvalue weighted by Crippen LogP contribution is 2.26. The van der Waals surface area contributed by atoms with Crippen molar-refractivity contribution in [3.8, 4) is 11.1 Å². The van der Waals surface area contributed by atoms with Gasteiger partial charge in [0.1, 0.15) is 0 Å². The summed E-state index contributed by atoms with van der Waals surface area (Å²) in [5.74, 6) is -0.921. The van der Waals surface area contributed by atoms with Crippen molar-refractivity contribution in [1.29, 1.82) is 0 Å². The van der Waals surface area contributed by atoms with Crippen molar-refractivity contribution in [3.63, 3.8) is 0 Å². The average molecular weight is 266 g/mol. The van der Waals surface area contributed by atoms with Crippen molar-refractivity contribution in [3.05, 3.63) is 59.4 Å². The first kappa shape index (κ1) is 12.4. The zero-order chi connectivity index (χ0) is 14.3. The fraction of sp³-hybridized carbons (Fsp3) is 0.125. The van der Waals surface area contributed by atoms with Crippen molar-refractivity contribution >= 4 is 11.5 Å². The first-order valence-corrected chi connectivity index (χ1v) is 6.35. The molecular formula is C16H14N2O2. The fourth-order valence-electron chi connectivity index (χ4n) is 2.32. The van der Waals surface area contributed by atoms with E-state index in [-0.39, 0.29) is 5.56 Å². The summed E-state index contributed by atoms with van der Waals surface area (Å²) in [6.45, 7) is 4.06. The molecule has 2 heterocycles. The quantitative estimate of drug-likeness (QED) is 0.774. The topological polar surface area (TPSA) is 54.6 Å². The van der Waals surface area contributed by atoms with Crippen LogP contribution in [-0.4, -0.2) is 20.7 Å². The molecule has 3 aromatic rings. The predicted octanol–water partition coefficient (Wildman–Crippen LogP) is 3.32. The predicted molar refractivity (Wildman–Crippen MR) is 77.1 cm³/mol. The van der Waals surface area contributed by atoms with Gasteiger partial charge in [0.2, 0.25) is 0 Å². The standard InChI is InChI=1S/C16H14N2O2/c1-10-6-7-15-14(9-17-18(15)11(10)2)12-4-3-5-13(8-12)16(19)20/h3-9H,1-2H3,(H,19,20). The van der Waals surface area contributed by atoms with Gasteiger partial charge in [0, 0.05) is 11.3 Å². The number of carboxylic acids is 1. The van der Waals surface area contributed by atoms with Gasteiger partial charge in [0.05, 0.1) is 17.3 Å². The Morgan fingerprint density at radius 1 is 1.20 bits per heavy atom. The van der Waals surface area contributed by atoms with Gasteiger partial charge in [-0.25, -0.2) is 9.31 Å². The number of fused-ring (bicyclic) bond motifs is 1. The van der Waals surface area contributed by atoms with E-state index in [4.69, 9.17) is 5.11 Å². The second kappa shape index (κ2) is 4.49. The number of nitrogens with zero attached hydrogens (tertiary/aromatic N) is 2. The zero-order valence-electron chi connectivity index (χ0n) is 11.3. The Hall–Kier alpha value is -2.62. The minimum Gasteiger partial charge on any atom is -0.478 e. The van der Waals surface area contributed by atoms with Crippen LogP contribution in [0, 0.1) is 13.8 Å². The molecule has 1 N–H and O–H groups in total. The summed E-state index contributed by atoms with van der Waals surface area (Å²) >= 11 is 0. The van der Waals surface area contributed by atoms with Crippen LogP contribution in [0.25, 0.3) is 16.6 Å². The van der Waals surface area contributed by atoms with Crippen molar-refractivity contribution in [2.45, 2.75) is 13.8 Å². The second-order valence-electron chi connectivity index (χ2n) is 4.84. The molecule has 0 fully saturated rings. The van der Waals surface area contributed by atoms with Crippen LogP contribution in [0.5, 0.6) is 0 Å². The molecule has 0 atom stereocenters. The summed E-state index contributed by atoms with van der Waals surface area (Å²) in [4.78, 5) is 11.1. The molecule has 0 saturated carbocycles. The fourth-order valence-corrected chi connectivity index (χ4v) is 2.32. The van der Waals surface area contributed by atoms with E-state index < -0.39 is 5.97 Å². The molecule has 1 aromatic carbocycles. The number of pyridine rings is 1. The molecule has 20 heavy (non-hydrogen) atoms. The third-order valence-corrected chi connectivity index (χ3v) is 3.61. The number of aromatic nitrogens is 2. The summed E-state index contributed by atoms with van der Waals surface area (Å²) in [6, 6.07) is 11.0. The Morgan fingerprint density at radius 2 is 2.00 bits per heavy atom. The van der Waals surface area contributed by atoms with Crippen molar-refractivity contribution in [2.24, 2.45) is 0 Å². The van der Waals surface area contributed by atoms with Crippen LogP contribution < -0.4 is 0 Å². The molecule has 0 aliphatic heterocycles. The van der Waals surface area contributed by atoms with E-state index in [1.807, 2.05) is 30.5 Å². The molecule has 0 bridgehead atoms. The highest BCUT2D eigenvalue weighted by atomic mass is 16.4. The molecule has 2 aromatic heterocycles. The minimum atomic E-state index is -0.921. The van der Waals surface area contributed by atoms with Crippen molar-refractivity contribution in [1.82, 2.24) is 9.61 Å². The zero-order valence-corrected chi connectivity index (χ0v) is 11.3. The van der Waals surface area contributed by atoms with E-state index in [9.17, 15) is 4.79 Å². The molecule has 0 unspecified atom stereocenters. The van der Waals surface area contributed by atoms with E-state index in [0.717, 1.165) is 22.3 Å². The second-order valence-corrected chi connectivity index (χ2v) is 4.84. The molecule has 100 valence electrons. The number of hydrogen-bond acceptors (Lipinski definition) is 2. The van der Waals surface area contributed by atoms with Crippen LogP contribution in [0.15, 0.2) is 42.6 Å². The minimum absolute atomic E-state index is 0.283. The van der Waals surface area contributed by atoms with Gasteiger partial charge in [-0.15, -0.1) is 0 Å². The molecule has 0 aliphatic rings.